The van der Waals surface area contributed by atoms with E-state index in [9.17, 15) is 23.6 Å². The molecule has 0 spiro atoms. The van der Waals surface area contributed by atoms with E-state index in [1.807, 2.05) is 6.92 Å². The molecule has 3 unspecified atom stereocenters. The number of aliphatic carboxylic acids is 2. The first-order valence-electron chi connectivity index (χ1n) is 12.0. The van der Waals surface area contributed by atoms with Crippen molar-refractivity contribution in [3.8, 4) is 0 Å². The average molecular weight is 527 g/mol. The van der Waals surface area contributed by atoms with Gasteiger partial charge in [0.15, 0.2) is 5.58 Å². The number of imide groups is 1. The first-order valence-corrected chi connectivity index (χ1v) is 12.0. The molecule has 38 heavy (non-hydrogen) atoms. The lowest BCUT2D eigenvalue weighted by atomic mass is 9.68. The summed E-state index contributed by atoms with van der Waals surface area (Å²) in [5.41, 5.74) is 7.26. The highest BCUT2D eigenvalue weighted by molar-refractivity contribution is 6.21. The Labute approximate surface area is 216 Å². The lowest BCUT2D eigenvalue weighted by Crippen LogP contribution is -2.55. The summed E-state index contributed by atoms with van der Waals surface area (Å²) < 4.78 is 19.0. The number of carboxylic acid groups (broad SMARTS) is 2. The molecule has 1 saturated heterocycles. The molecule has 1 aliphatic carbocycles. The van der Waals surface area contributed by atoms with E-state index in [4.69, 9.17) is 20.5 Å². The van der Waals surface area contributed by atoms with Crippen LogP contribution in [0.5, 0.6) is 0 Å². The minimum atomic E-state index is -1.26. The van der Waals surface area contributed by atoms with Gasteiger partial charge in [0.25, 0.3) is 11.8 Å². The molecular formula is C26H27FN4O7. The summed E-state index contributed by atoms with van der Waals surface area (Å²) >= 11 is 0. The highest BCUT2D eigenvalue weighted by atomic mass is 19.1. The molecule has 5 rings (SSSR count). The van der Waals surface area contributed by atoms with Crippen LogP contribution >= 0.6 is 0 Å². The van der Waals surface area contributed by atoms with Crippen molar-refractivity contribution in [3.63, 3.8) is 0 Å². The summed E-state index contributed by atoms with van der Waals surface area (Å²) in [6, 6.07) is 4.07. The maximum absolute atomic E-state index is 13.7. The molecule has 11 nitrogen and oxygen atoms in total. The van der Waals surface area contributed by atoms with Crippen LogP contribution in [0.1, 0.15) is 31.9 Å². The van der Waals surface area contributed by atoms with Gasteiger partial charge in [-0.15, -0.1) is 0 Å². The highest BCUT2D eigenvalue weighted by Gasteiger charge is 2.52. The second kappa shape index (κ2) is 10.7. The second-order valence-corrected chi connectivity index (χ2v) is 9.37. The number of aromatic nitrogens is 1. The van der Waals surface area contributed by atoms with Crippen molar-refractivity contribution in [2.45, 2.75) is 37.8 Å². The van der Waals surface area contributed by atoms with E-state index >= 15 is 0 Å². The van der Waals surface area contributed by atoms with Gasteiger partial charge in [0, 0.05) is 46.7 Å². The summed E-state index contributed by atoms with van der Waals surface area (Å²) in [6.07, 6.45) is 7.77. The Morgan fingerprint density at radius 3 is 2.47 bits per heavy atom. The molecule has 12 heteroatoms. The third-order valence-electron chi connectivity index (χ3n) is 7.02. The van der Waals surface area contributed by atoms with Crippen LogP contribution in [0.25, 0.3) is 11.0 Å². The van der Waals surface area contributed by atoms with Crippen LogP contribution in [0.2, 0.25) is 0 Å². The van der Waals surface area contributed by atoms with E-state index in [2.05, 4.69) is 15.4 Å². The average Bonchev–Trinajstić information content (AvgIpc) is 3.43. The lowest BCUT2D eigenvalue weighted by Gasteiger charge is -2.45. The molecule has 0 bridgehead atoms. The zero-order chi connectivity index (χ0) is 27.6. The minimum absolute atomic E-state index is 0.117. The number of carboxylic acids is 2. The van der Waals surface area contributed by atoms with Crippen LogP contribution in [0.15, 0.2) is 58.2 Å². The molecule has 3 heterocycles. The Morgan fingerprint density at radius 1 is 1.18 bits per heavy atom. The topological polar surface area (TPSA) is 176 Å². The predicted octanol–water partition coefficient (Wildman–Crippen LogP) is 1.85. The summed E-state index contributed by atoms with van der Waals surface area (Å²) in [7, 11) is 0. The minimum Gasteiger partial charge on any atom is -0.478 e. The molecule has 2 amide bonds. The van der Waals surface area contributed by atoms with Crippen molar-refractivity contribution in [1.82, 2.24) is 15.4 Å². The number of hydrogen-bond acceptors (Lipinski definition) is 8. The third kappa shape index (κ3) is 5.13. The summed E-state index contributed by atoms with van der Waals surface area (Å²) in [4.78, 5) is 46.6. The van der Waals surface area contributed by atoms with Crippen molar-refractivity contribution in [1.29, 1.82) is 0 Å². The Morgan fingerprint density at radius 2 is 1.84 bits per heavy atom. The van der Waals surface area contributed by atoms with Crippen LogP contribution in [-0.2, 0) is 24.7 Å². The largest absolute Gasteiger partial charge is 0.478 e. The number of fused-ring (bicyclic) bond motifs is 1. The van der Waals surface area contributed by atoms with Gasteiger partial charge in [-0.1, -0.05) is 23.7 Å². The van der Waals surface area contributed by atoms with Crippen LogP contribution < -0.4 is 11.1 Å². The number of nitrogens with two attached hydrogens (primary N) is 1. The second-order valence-electron chi connectivity index (χ2n) is 9.37. The van der Waals surface area contributed by atoms with Gasteiger partial charge in [0.05, 0.1) is 5.54 Å². The molecule has 3 atom stereocenters. The fourth-order valence-electron chi connectivity index (χ4n) is 5.29. The number of likely N-dealkylation sites (tertiary alicyclic amines) is 1. The van der Waals surface area contributed by atoms with Gasteiger partial charge >= 0.3 is 11.9 Å². The number of halogens is 1. The standard InChI is InChI=1S/C22H23FN4O3.C4H4O4/c1-12(27-9-3-2-4-10-27)18-17-15(20(28)25-21(17)29)7-8-22(18,24)19-14-6-5-13(23)11-16(14)30-26-19;5-3(6)1-2-4(7)8/h5-8,11-12,18H,2-4,9-10,24H2,1H3,(H,25,28,29);1-2H,(H,5,6)(H,7,8). The SMILES string of the molecule is CC(C1C2=C(C=CC1(N)c1noc3cc(F)ccc13)C(=O)NC2=O)N1CCCCC1.O=C(O)C=CC(=O)O. The van der Waals surface area contributed by atoms with E-state index < -0.39 is 41.0 Å². The van der Waals surface area contributed by atoms with Crippen LogP contribution in [-0.4, -0.2) is 63.2 Å². The molecule has 2 aromatic rings. The summed E-state index contributed by atoms with van der Waals surface area (Å²) in [5, 5.41) is 22.8. The zero-order valence-electron chi connectivity index (χ0n) is 20.5. The van der Waals surface area contributed by atoms with Crippen LogP contribution in [0, 0.1) is 11.7 Å². The van der Waals surface area contributed by atoms with Gasteiger partial charge in [0.1, 0.15) is 11.5 Å². The molecule has 2 aliphatic heterocycles. The van der Waals surface area contributed by atoms with Crippen molar-refractivity contribution >= 4 is 34.7 Å². The number of benzene rings is 1. The number of amides is 2. The number of rotatable bonds is 5. The molecule has 1 fully saturated rings. The zero-order valence-corrected chi connectivity index (χ0v) is 20.5. The molecule has 1 aromatic heterocycles. The molecule has 1 aromatic carbocycles. The highest BCUT2D eigenvalue weighted by Crippen LogP contribution is 2.45. The summed E-state index contributed by atoms with van der Waals surface area (Å²) in [6.45, 7) is 3.85. The van der Waals surface area contributed by atoms with E-state index in [0.29, 0.717) is 40.0 Å². The van der Waals surface area contributed by atoms with Crippen LogP contribution in [0.3, 0.4) is 0 Å². The number of carbonyl (C=O) groups is 4. The molecule has 0 radical (unpaired) electrons. The van der Waals surface area contributed by atoms with Crippen molar-refractivity contribution < 1.29 is 38.3 Å². The summed E-state index contributed by atoms with van der Waals surface area (Å²) in [5.74, 6) is -4.28. The van der Waals surface area contributed by atoms with Gasteiger partial charge in [-0.05, 0) is 45.0 Å². The fourth-order valence-corrected chi connectivity index (χ4v) is 5.29. The van der Waals surface area contributed by atoms with Gasteiger partial charge in [-0.3, -0.25) is 19.8 Å². The predicted molar refractivity (Wildman–Crippen MR) is 132 cm³/mol. The van der Waals surface area contributed by atoms with E-state index in [1.54, 1.807) is 18.2 Å². The van der Waals surface area contributed by atoms with Crippen molar-refractivity contribution in [2.75, 3.05) is 13.1 Å². The fraction of sp³-hybridized carbons (Fsp3) is 0.346. The first-order chi connectivity index (χ1) is 18.0. The van der Waals surface area contributed by atoms with E-state index in [-0.39, 0.29) is 6.04 Å². The van der Waals surface area contributed by atoms with Gasteiger partial charge < -0.3 is 20.5 Å². The number of nitrogens with zero attached hydrogens (tertiary/aromatic N) is 2. The molecule has 0 saturated carbocycles. The Balaban J connectivity index is 0.000000368. The van der Waals surface area contributed by atoms with Crippen LogP contribution in [0.4, 0.5) is 4.39 Å². The van der Waals surface area contributed by atoms with Gasteiger partial charge in [-0.2, -0.15) is 0 Å². The number of carbonyl (C=O) groups excluding carboxylic acids is 2. The van der Waals surface area contributed by atoms with E-state index in [1.165, 1.54) is 18.6 Å². The quantitative estimate of drug-likeness (QED) is 0.332. The Kier molecular flexibility index (Phi) is 7.56. The smallest absolute Gasteiger partial charge is 0.328 e. The Bertz CT molecular complexity index is 1370. The van der Waals surface area contributed by atoms with Crippen molar-refractivity contribution in [3.05, 3.63) is 65.2 Å². The molecular weight excluding hydrogens is 499 g/mol. The van der Waals surface area contributed by atoms with E-state index in [0.717, 1.165) is 25.9 Å². The van der Waals surface area contributed by atoms with Crippen molar-refractivity contribution in [2.24, 2.45) is 11.7 Å². The molecule has 3 aliphatic rings. The normalized spacial score (nSPS) is 24.2. The maximum Gasteiger partial charge on any atom is 0.328 e. The molecule has 200 valence electrons. The Hall–Kier alpha value is -4.16. The monoisotopic (exact) mass is 526 g/mol. The van der Waals surface area contributed by atoms with Gasteiger partial charge in [-0.25, -0.2) is 14.0 Å². The molecule has 5 N–H and O–H groups in total. The maximum atomic E-state index is 13.7. The lowest BCUT2D eigenvalue weighted by molar-refractivity contribution is -0.134. The number of hydrogen-bond donors (Lipinski definition) is 4. The number of nitrogens with one attached hydrogen (secondary N) is 1. The first kappa shape index (κ1) is 26.9. The third-order valence-corrected chi connectivity index (χ3v) is 7.02. The van der Waals surface area contributed by atoms with Gasteiger partial charge in [0.2, 0.25) is 0 Å². The number of piperidine rings is 1.